The number of hydrogen-bond donors (Lipinski definition) is 0. The van der Waals surface area contributed by atoms with E-state index in [2.05, 4.69) is 5.10 Å². The summed E-state index contributed by atoms with van der Waals surface area (Å²) in [4.78, 5) is 37.8. The summed E-state index contributed by atoms with van der Waals surface area (Å²) < 4.78 is 33.3. The molecular weight excluding hydrogens is 418 g/mol. The summed E-state index contributed by atoms with van der Waals surface area (Å²) in [7, 11) is 0. The van der Waals surface area contributed by atoms with Gasteiger partial charge in [-0.1, -0.05) is 48.5 Å². The second-order valence-corrected chi connectivity index (χ2v) is 6.97. The third-order valence-electron chi connectivity index (χ3n) is 4.80. The number of esters is 1. The van der Waals surface area contributed by atoms with Crippen LogP contribution in [-0.4, -0.2) is 28.1 Å². The van der Waals surface area contributed by atoms with Crippen LogP contribution in [0.2, 0.25) is 0 Å². The van der Waals surface area contributed by atoms with E-state index in [1.165, 1.54) is 0 Å². The van der Waals surface area contributed by atoms with Gasteiger partial charge in [0.05, 0.1) is 17.5 Å². The highest BCUT2D eigenvalue weighted by Crippen LogP contribution is 2.16. The Kier molecular flexibility index (Phi) is 5.85. The Balaban J connectivity index is 1.64. The molecule has 3 aromatic carbocycles. The lowest BCUT2D eigenvalue weighted by molar-refractivity contribution is 0.0467. The lowest BCUT2D eigenvalue weighted by atomic mass is 10.1. The maximum atomic E-state index is 13.8. The van der Waals surface area contributed by atoms with Crippen molar-refractivity contribution in [2.45, 2.75) is 6.54 Å². The molecular formula is C24H16F2N2O4. The van der Waals surface area contributed by atoms with Gasteiger partial charge in [-0.15, -0.1) is 0 Å². The van der Waals surface area contributed by atoms with Crippen LogP contribution < -0.4 is 5.56 Å². The van der Waals surface area contributed by atoms with Gasteiger partial charge in [0.25, 0.3) is 5.56 Å². The van der Waals surface area contributed by atoms with Crippen LogP contribution in [0.25, 0.3) is 10.8 Å². The average molecular weight is 434 g/mol. The van der Waals surface area contributed by atoms with Crippen molar-refractivity contribution in [3.8, 4) is 0 Å². The first kappa shape index (κ1) is 21.0. The van der Waals surface area contributed by atoms with Crippen molar-refractivity contribution in [3.05, 3.63) is 112 Å². The van der Waals surface area contributed by atoms with Crippen LogP contribution in [0.15, 0.2) is 77.6 Å². The summed E-state index contributed by atoms with van der Waals surface area (Å²) in [5, 5.41) is 4.68. The maximum absolute atomic E-state index is 13.8. The molecule has 0 fully saturated rings. The van der Waals surface area contributed by atoms with Crippen molar-refractivity contribution in [1.29, 1.82) is 0 Å². The molecule has 160 valence electrons. The quantitative estimate of drug-likeness (QED) is 0.341. The standard InChI is InChI=1S/C24H16F2N2O4/c25-16-10-11-20(26)19(12-16)21(29)14-32-24(31)22-17-8-4-5-9-18(17)23(30)28(27-22)13-15-6-2-1-3-7-15/h1-12H,13-14H2. The summed E-state index contributed by atoms with van der Waals surface area (Å²) in [6.07, 6.45) is 0. The Labute approximate surface area is 180 Å². The fourth-order valence-corrected chi connectivity index (χ4v) is 3.24. The smallest absolute Gasteiger partial charge is 0.359 e. The number of carbonyl (C=O) groups is 2. The highest BCUT2D eigenvalue weighted by atomic mass is 19.1. The van der Waals surface area contributed by atoms with Gasteiger partial charge < -0.3 is 4.74 Å². The Morgan fingerprint density at radius 3 is 2.34 bits per heavy atom. The lowest BCUT2D eigenvalue weighted by Gasteiger charge is -2.11. The van der Waals surface area contributed by atoms with E-state index >= 15 is 0 Å². The molecule has 4 rings (SSSR count). The van der Waals surface area contributed by atoms with Crippen molar-refractivity contribution in [2.24, 2.45) is 0 Å². The van der Waals surface area contributed by atoms with Crippen LogP contribution in [0, 0.1) is 11.6 Å². The Hall–Kier alpha value is -4.20. The molecule has 0 amide bonds. The van der Waals surface area contributed by atoms with Crippen molar-refractivity contribution in [2.75, 3.05) is 6.61 Å². The van der Waals surface area contributed by atoms with Crippen molar-refractivity contribution >= 4 is 22.5 Å². The number of benzene rings is 3. The SMILES string of the molecule is O=C(COC(=O)c1nn(Cc2ccccc2)c(=O)c2ccccc12)c1cc(F)ccc1F. The molecule has 0 atom stereocenters. The molecule has 0 saturated heterocycles. The van der Waals surface area contributed by atoms with Crippen LogP contribution in [0.3, 0.4) is 0 Å². The van der Waals surface area contributed by atoms with Crippen LogP contribution in [0.1, 0.15) is 26.4 Å². The molecule has 0 aliphatic heterocycles. The number of Topliss-reactive ketones (excluding diaryl/α,β-unsaturated/α-hetero) is 1. The molecule has 0 aliphatic carbocycles. The van der Waals surface area contributed by atoms with E-state index in [9.17, 15) is 23.2 Å². The number of rotatable bonds is 6. The van der Waals surface area contributed by atoms with E-state index in [1.54, 1.807) is 24.3 Å². The summed E-state index contributed by atoms with van der Waals surface area (Å²) in [6, 6.07) is 17.9. The first-order chi connectivity index (χ1) is 15.4. The molecule has 6 nitrogen and oxygen atoms in total. The van der Waals surface area contributed by atoms with Gasteiger partial charge in [0.15, 0.2) is 12.3 Å². The summed E-state index contributed by atoms with van der Waals surface area (Å²) in [5.41, 5.74) is -0.277. The van der Waals surface area contributed by atoms with Crippen LogP contribution in [0.5, 0.6) is 0 Å². The number of carbonyl (C=O) groups excluding carboxylic acids is 2. The molecule has 0 saturated carbocycles. The minimum atomic E-state index is -0.965. The topological polar surface area (TPSA) is 78.3 Å². The third kappa shape index (κ3) is 4.29. The molecule has 0 radical (unpaired) electrons. The zero-order valence-corrected chi connectivity index (χ0v) is 16.6. The van der Waals surface area contributed by atoms with E-state index in [1.807, 2.05) is 30.3 Å². The van der Waals surface area contributed by atoms with Crippen molar-refractivity contribution in [3.63, 3.8) is 0 Å². The molecule has 1 aromatic heterocycles. The summed E-state index contributed by atoms with van der Waals surface area (Å²) in [6.45, 7) is -0.689. The number of ether oxygens (including phenoxy) is 1. The van der Waals surface area contributed by atoms with Crippen LogP contribution in [-0.2, 0) is 11.3 Å². The predicted octanol–water partition coefficient (Wildman–Crippen LogP) is 3.76. The molecule has 0 unspecified atom stereocenters. The minimum Gasteiger partial charge on any atom is -0.452 e. The number of fused-ring (bicyclic) bond motifs is 1. The van der Waals surface area contributed by atoms with Gasteiger partial charge in [0, 0.05) is 5.39 Å². The molecule has 8 heteroatoms. The number of hydrogen-bond acceptors (Lipinski definition) is 5. The largest absolute Gasteiger partial charge is 0.452 e. The molecule has 0 aliphatic rings. The van der Waals surface area contributed by atoms with Gasteiger partial charge in [-0.2, -0.15) is 5.10 Å². The van der Waals surface area contributed by atoms with Gasteiger partial charge in [-0.25, -0.2) is 18.3 Å². The Morgan fingerprint density at radius 2 is 1.59 bits per heavy atom. The number of nitrogens with zero attached hydrogens (tertiary/aromatic N) is 2. The molecule has 0 spiro atoms. The van der Waals surface area contributed by atoms with E-state index in [4.69, 9.17) is 4.74 Å². The Bertz CT molecular complexity index is 1380. The highest BCUT2D eigenvalue weighted by molar-refractivity contribution is 6.04. The van der Waals surface area contributed by atoms with Crippen LogP contribution >= 0.6 is 0 Å². The molecule has 0 bridgehead atoms. The van der Waals surface area contributed by atoms with E-state index in [0.29, 0.717) is 0 Å². The number of halogens is 2. The summed E-state index contributed by atoms with van der Waals surface area (Å²) >= 11 is 0. The van der Waals surface area contributed by atoms with E-state index in [-0.39, 0.29) is 28.6 Å². The fourth-order valence-electron chi connectivity index (χ4n) is 3.24. The summed E-state index contributed by atoms with van der Waals surface area (Å²) in [5.74, 6) is -3.58. The highest BCUT2D eigenvalue weighted by Gasteiger charge is 2.21. The average Bonchev–Trinajstić information content (AvgIpc) is 2.81. The predicted molar refractivity (Wildman–Crippen MR) is 113 cm³/mol. The minimum absolute atomic E-state index is 0.123. The van der Waals surface area contributed by atoms with Crippen LogP contribution in [0.4, 0.5) is 8.78 Å². The second kappa shape index (κ2) is 8.89. The van der Waals surface area contributed by atoms with E-state index < -0.39 is 35.6 Å². The zero-order chi connectivity index (χ0) is 22.7. The van der Waals surface area contributed by atoms with Gasteiger partial charge in [0.1, 0.15) is 11.6 Å². The third-order valence-corrected chi connectivity index (χ3v) is 4.80. The van der Waals surface area contributed by atoms with Crippen molar-refractivity contribution in [1.82, 2.24) is 9.78 Å². The molecule has 32 heavy (non-hydrogen) atoms. The Morgan fingerprint density at radius 1 is 0.906 bits per heavy atom. The second-order valence-electron chi connectivity index (χ2n) is 6.97. The molecule has 0 N–H and O–H groups in total. The normalized spacial score (nSPS) is 10.8. The zero-order valence-electron chi connectivity index (χ0n) is 16.6. The monoisotopic (exact) mass is 434 g/mol. The first-order valence-corrected chi connectivity index (χ1v) is 9.63. The first-order valence-electron chi connectivity index (χ1n) is 9.63. The fraction of sp³-hybridized carbons (Fsp3) is 0.0833. The molecule has 1 heterocycles. The maximum Gasteiger partial charge on any atom is 0.359 e. The van der Waals surface area contributed by atoms with Gasteiger partial charge in [-0.3, -0.25) is 9.59 Å². The lowest BCUT2D eigenvalue weighted by Crippen LogP contribution is -2.27. The number of aromatic nitrogens is 2. The van der Waals surface area contributed by atoms with Gasteiger partial charge in [0.2, 0.25) is 5.78 Å². The molecule has 4 aromatic rings. The van der Waals surface area contributed by atoms with E-state index in [0.717, 1.165) is 28.4 Å². The number of ketones is 1. The van der Waals surface area contributed by atoms with Gasteiger partial charge in [-0.05, 0) is 29.8 Å². The van der Waals surface area contributed by atoms with Gasteiger partial charge >= 0.3 is 5.97 Å². The van der Waals surface area contributed by atoms with Crippen molar-refractivity contribution < 1.29 is 23.1 Å².